The van der Waals surface area contributed by atoms with E-state index in [0.29, 0.717) is 25.7 Å². The summed E-state index contributed by atoms with van der Waals surface area (Å²) in [7, 11) is -3.19. The monoisotopic (exact) mass is 431 g/mol. The molecule has 1 saturated carbocycles. The summed E-state index contributed by atoms with van der Waals surface area (Å²) in [5, 5.41) is 6.79. The van der Waals surface area contributed by atoms with Crippen LogP contribution >= 0.6 is 11.8 Å². The number of hydrogen-bond donors (Lipinski definition) is 2. The van der Waals surface area contributed by atoms with Gasteiger partial charge < -0.3 is 15.5 Å². The number of nitrogens with one attached hydrogen (secondary N) is 2. The highest BCUT2D eigenvalue weighted by Gasteiger charge is 2.27. The highest BCUT2D eigenvalue weighted by atomic mass is 32.2. The third kappa shape index (κ3) is 6.78. The van der Waals surface area contributed by atoms with E-state index in [1.165, 1.54) is 32.2 Å². The number of thioether (sulfide) groups is 1. The van der Waals surface area contributed by atoms with Gasteiger partial charge in [-0.15, -0.1) is 0 Å². The molecule has 7 nitrogen and oxygen atoms in total. The van der Waals surface area contributed by atoms with E-state index in [1.54, 1.807) is 4.31 Å². The molecule has 28 heavy (non-hydrogen) atoms. The molecule has 3 fully saturated rings. The van der Waals surface area contributed by atoms with E-state index in [2.05, 4.69) is 20.5 Å². The van der Waals surface area contributed by atoms with E-state index in [1.807, 2.05) is 18.7 Å². The number of hydrogen-bond acceptors (Lipinski definition) is 5. The van der Waals surface area contributed by atoms with E-state index in [0.717, 1.165) is 49.4 Å². The Labute approximate surface area is 175 Å². The summed E-state index contributed by atoms with van der Waals surface area (Å²) >= 11 is 1.82. The van der Waals surface area contributed by atoms with Gasteiger partial charge in [-0.1, -0.05) is 12.8 Å². The molecular weight excluding hydrogens is 394 g/mol. The Morgan fingerprint density at radius 1 is 1.14 bits per heavy atom. The van der Waals surface area contributed by atoms with Crippen LogP contribution in [0.5, 0.6) is 0 Å². The van der Waals surface area contributed by atoms with Crippen molar-refractivity contribution in [3.05, 3.63) is 0 Å². The third-order valence-corrected chi connectivity index (χ3v) is 8.72. The number of guanidine groups is 1. The van der Waals surface area contributed by atoms with Crippen molar-refractivity contribution in [2.45, 2.75) is 45.1 Å². The molecule has 2 heterocycles. The summed E-state index contributed by atoms with van der Waals surface area (Å²) in [6, 6.07) is 0.398. The molecule has 0 aromatic heterocycles. The number of sulfonamides is 1. The fraction of sp³-hybridized carbons (Fsp3) is 0.947. The predicted octanol–water partition coefficient (Wildman–Crippen LogP) is 1.18. The Morgan fingerprint density at radius 2 is 1.89 bits per heavy atom. The van der Waals surface area contributed by atoms with Crippen molar-refractivity contribution in [2.75, 3.05) is 63.1 Å². The Morgan fingerprint density at radius 3 is 2.61 bits per heavy atom. The maximum atomic E-state index is 12.5. The van der Waals surface area contributed by atoms with Crippen molar-refractivity contribution in [1.82, 2.24) is 19.8 Å². The van der Waals surface area contributed by atoms with E-state index < -0.39 is 10.0 Å². The molecule has 2 aliphatic heterocycles. The second kappa shape index (κ2) is 11.0. The second-order valence-corrected chi connectivity index (χ2v) is 11.4. The van der Waals surface area contributed by atoms with E-state index >= 15 is 0 Å². The first kappa shape index (κ1) is 22.2. The average molecular weight is 432 g/mol. The summed E-state index contributed by atoms with van der Waals surface area (Å²) in [5.74, 6) is 3.52. The molecule has 0 spiro atoms. The topological polar surface area (TPSA) is 77.0 Å². The summed E-state index contributed by atoms with van der Waals surface area (Å²) in [6.07, 6.45) is 6.71. The van der Waals surface area contributed by atoms with Gasteiger partial charge in [0.15, 0.2) is 5.96 Å². The van der Waals surface area contributed by atoms with Crippen LogP contribution in [0.25, 0.3) is 0 Å². The lowest BCUT2D eigenvalue weighted by Gasteiger charge is -2.25. The standard InChI is InChI=1S/C19H37N5O2S2/c1-2-20-19(21-8-14-28(25,26)24-10-12-27-13-11-24)22-18-7-9-23(16-18)15-17-5-3-4-6-17/h17-18H,2-16H2,1H3,(H2,20,21,22). The van der Waals surface area contributed by atoms with Gasteiger partial charge in [0.1, 0.15) is 0 Å². The minimum Gasteiger partial charge on any atom is -0.357 e. The molecule has 2 saturated heterocycles. The number of rotatable bonds is 8. The maximum Gasteiger partial charge on any atom is 0.215 e. The van der Waals surface area contributed by atoms with Crippen molar-refractivity contribution >= 4 is 27.7 Å². The molecule has 0 amide bonds. The molecule has 3 aliphatic rings. The lowest BCUT2D eigenvalue weighted by atomic mass is 10.1. The first-order chi connectivity index (χ1) is 13.6. The molecule has 2 N–H and O–H groups in total. The number of aliphatic imine (C=N–C) groups is 1. The Balaban J connectivity index is 1.44. The summed E-state index contributed by atoms with van der Waals surface area (Å²) < 4.78 is 26.6. The molecular formula is C19H37N5O2S2. The van der Waals surface area contributed by atoms with Crippen LogP contribution in [0.4, 0.5) is 0 Å². The molecule has 0 aromatic rings. The minimum atomic E-state index is -3.19. The number of likely N-dealkylation sites (tertiary alicyclic amines) is 1. The van der Waals surface area contributed by atoms with Gasteiger partial charge in [0.25, 0.3) is 0 Å². The van der Waals surface area contributed by atoms with Crippen LogP contribution in [-0.2, 0) is 10.0 Å². The molecule has 1 atom stereocenters. The zero-order chi connectivity index (χ0) is 19.8. The largest absolute Gasteiger partial charge is 0.357 e. The minimum absolute atomic E-state index is 0.0900. The van der Waals surface area contributed by atoms with Crippen molar-refractivity contribution in [3.63, 3.8) is 0 Å². The first-order valence-corrected chi connectivity index (χ1v) is 13.7. The van der Waals surface area contributed by atoms with E-state index in [9.17, 15) is 8.42 Å². The van der Waals surface area contributed by atoms with Gasteiger partial charge in [-0.2, -0.15) is 11.8 Å². The smallest absolute Gasteiger partial charge is 0.215 e. The molecule has 9 heteroatoms. The van der Waals surface area contributed by atoms with Crippen LogP contribution in [0.1, 0.15) is 39.0 Å². The zero-order valence-electron chi connectivity index (χ0n) is 17.2. The lowest BCUT2D eigenvalue weighted by molar-refractivity contribution is 0.275. The van der Waals surface area contributed by atoms with Gasteiger partial charge in [0.05, 0.1) is 12.3 Å². The quantitative estimate of drug-likeness (QED) is 0.444. The SMILES string of the molecule is CCNC(=NCCS(=O)(=O)N1CCSCC1)NC1CCN(CC2CCCC2)C1. The molecule has 1 unspecified atom stereocenters. The summed E-state index contributed by atoms with van der Waals surface area (Å²) in [6.45, 7) is 7.83. The van der Waals surface area contributed by atoms with Gasteiger partial charge >= 0.3 is 0 Å². The summed E-state index contributed by atoms with van der Waals surface area (Å²) in [5.41, 5.74) is 0. The zero-order valence-corrected chi connectivity index (χ0v) is 18.9. The van der Waals surface area contributed by atoms with Gasteiger partial charge in [0.2, 0.25) is 10.0 Å². The average Bonchev–Trinajstić information content (AvgIpc) is 3.35. The van der Waals surface area contributed by atoms with Gasteiger partial charge in [-0.05, 0) is 32.1 Å². The van der Waals surface area contributed by atoms with E-state index in [-0.39, 0.29) is 5.75 Å². The van der Waals surface area contributed by atoms with Crippen LogP contribution in [0.3, 0.4) is 0 Å². The highest BCUT2D eigenvalue weighted by Crippen LogP contribution is 2.26. The molecule has 3 rings (SSSR count). The highest BCUT2D eigenvalue weighted by molar-refractivity contribution is 7.99. The Hall–Kier alpha value is -0.510. The van der Waals surface area contributed by atoms with Crippen molar-refractivity contribution < 1.29 is 8.42 Å². The van der Waals surface area contributed by atoms with Crippen LogP contribution in [0, 0.1) is 5.92 Å². The van der Waals surface area contributed by atoms with Crippen LogP contribution in [-0.4, -0.2) is 92.7 Å². The molecule has 0 aromatic carbocycles. The maximum absolute atomic E-state index is 12.5. The molecule has 162 valence electrons. The number of nitrogens with zero attached hydrogens (tertiary/aromatic N) is 3. The summed E-state index contributed by atoms with van der Waals surface area (Å²) in [4.78, 5) is 7.13. The molecule has 1 aliphatic carbocycles. The van der Waals surface area contributed by atoms with Gasteiger partial charge in [-0.25, -0.2) is 12.7 Å². The molecule has 0 bridgehead atoms. The fourth-order valence-electron chi connectivity index (χ4n) is 4.41. The van der Waals surface area contributed by atoms with Gasteiger partial charge in [0, 0.05) is 56.8 Å². The van der Waals surface area contributed by atoms with Crippen LogP contribution < -0.4 is 10.6 Å². The van der Waals surface area contributed by atoms with Crippen molar-refractivity contribution in [1.29, 1.82) is 0 Å². The molecule has 0 radical (unpaired) electrons. The van der Waals surface area contributed by atoms with Crippen molar-refractivity contribution in [3.8, 4) is 0 Å². The van der Waals surface area contributed by atoms with Crippen molar-refractivity contribution in [2.24, 2.45) is 10.9 Å². The normalized spacial score (nSPS) is 26.0. The fourth-order valence-corrected chi connectivity index (χ4v) is 6.87. The predicted molar refractivity (Wildman–Crippen MR) is 119 cm³/mol. The Kier molecular flexibility index (Phi) is 8.74. The van der Waals surface area contributed by atoms with Gasteiger partial charge in [-0.3, -0.25) is 4.99 Å². The second-order valence-electron chi connectivity index (χ2n) is 8.13. The lowest BCUT2D eigenvalue weighted by Crippen LogP contribution is -2.45. The van der Waals surface area contributed by atoms with Crippen LogP contribution in [0.2, 0.25) is 0 Å². The first-order valence-electron chi connectivity index (χ1n) is 10.9. The van der Waals surface area contributed by atoms with Crippen LogP contribution in [0.15, 0.2) is 4.99 Å². The Bertz CT molecular complexity index is 601. The third-order valence-electron chi connectivity index (χ3n) is 5.93. The van der Waals surface area contributed by atoms with E-state index in [4.69, 9.17) is 0 Å².